The van der Waals surface area contributed by atoms with Crippen molar-refractivity contribution >= 4 is 45.0 Å². The van der Waals surface area contributed by atoms with E-state index in [4.69, 9.17) is 21.3 Å². The number of halogens is 1. The Hall–Kier alpha value is -2.51. The number of likely N-dealkylation sites (tertiary alicyclic amines) is 1. The zero-order chi connectivity index (χ0) is 21.3. The van der Waals surface area contributed by atoms with Gasteiger partial charge in [0.15, 0.2) is 0 Å². The third-order valence-corrected chi connectivity index (χ3v) is 6.73. The van der Waals surface area contributed by atoms with Crippen molar-refractivity contribution in [1.82, 2.24) is 14.9 Å². The van der Waals surface area contributed by atoms with Crippen LogP contribution in [-0.2, 0) is 4.74 Å². The summed E-state index contributed by atoms with van der Waals surface area (Å²) < 4.78 is 6.15. The van der Waals surface area contributed by atoms with Crippen molar-refractivity contribution in [3.8, 4) is 0 Å². The molecule has 6 nitrogen and oxygen atoms in total. The van der Waals surface area contributed by atoms with Crippen LogP contribution < -0.4 is 0 Å². The van der Waals surface area contributed by atoms with Crippen molar-refractivity contribution in [2.45, 2.75) is 32.6 Å². The number of hydrogen-bond donors (Lipinski definition) is 0. The van der Waals surface area contributed by atoms with Crippen molar-refractivity contribution in [1.29, 1.82) is 0 Å². The number of rotatable bonds is 4. The number of amides is 1. The fourth-order valence-corrected chi connectivity index (χ4v) is 4.97. The second-order valence-corrected chi connectivity index (χ2v) is 8.78. The lowest BCUT2D eigenvalue weighted by atomic mass is 9.97. The van der Waals surface area contributed by atoms with Gasteiger partial charge in [-0.05, 0) is 57.0 Å². The maximum absolute atomic E-state index is 12.9. The van der Waals surface area contributed by atoms with E-state index in [1.54, 1.807) is 37.3 Å². The topological polar surface area (TPSA) is 72.4 Å². The van der Waals surface area contributed by atoms with Crippen LogP contribution in [-0.4, -0.2) is 46.4 Å². The van der Waals surface area contributed by atoms with Crippen LogP contribution in [0.25, 0.3) is 10.2 Å². The van der Waals surface area contributed by atoms with Crippen LogP contribution in [0.3, 0.4) is 0 Å². The van der Waals surface area contributed by atoms with Crippen LogP contribution >= 0.6 is 22.9 Å². The molecule has 0 atom stereocenters. The average molecular weight is 444 g/mol. The normalized spacial score (nSPS) is 14.8. The molecule has 1 aromatic carbocycles. The lowest BCUT2D eigenvalue weighted by molar-refractivity contribution is 0.0523. The van der Waals surface area contributed by atoms with Crippen molar-refractivity contribution in [3.63, 3.8) is 0 Å². The number of benzene rings is 1. The van der Waals surface area contributed by atoms with Gasteiger partial charge < -0.3 is 9.64 Å². The molecule has 0 unspecified atom stereocenters. The number of nitrogens with zero attached hydrogens (tertiary/aromatic N) is 3. The summed E-state index contributed by atoms with van der Waals surface area (Å²) in [7, 11) is 0. The first-order valence-corrected chi connectivity index (χ1v) is 11.2. The van der Waals surface area contributed by atoms with E-state index in [2.05, 4.69) is 4.98 Å². The Balaban J connectivity index is 1.42. The summed E-state index contributed by atoms with van der Waals surface area (Å²) in [5.41, 5.74) is 2.18. The molecule has 0 saturated carbocycles. The monoisotopic (exact) mass is 443 g/mol. The largest absolute Gasteiger partial charge is 0.462 e. The Labute approximate surface area is 183 Å². The number of aryl methyl sites for hydroxylation is 1. The molecule has 1 amide bonds. The minimum atomic E-state index is -0.417. The lowest BCUT2D eigenvalue weighted by Crippen LogP contribution is -2.38. The average Bonchev–Trinajstić information content (AvgIpc) is 3.16. The molecule has 0 aliphatic carbocycles. The van der Waals surface area contributed by atoms with Gasteiger partial charge in [-0.1, -0.05) is 11.6 Å². The highest BCUT2D eigenvalue weighted by Gasteiger charge is 2.27. The molecule has 0 bridgehead atoms. The molecule has 3 heterocycles. The highest BCUT2D eigenvalue weighted by atomic mass is 35.5. The highest BCUT2D eigenvalue weighted by Crippen LogP contribution is 2.35. The van der Waals surface area contributed by atoms with Crippen LogP contribution in [0.15, 0.2) is 30.3 Å². The number of ether oxygens (including phenoxy) is 1. The molecule has 1 fully saturated rings. The van der Waals surface area contributed by atoms with Gasteiger partial charge in [0, 0.05) is 24.0 Å². The fraction of sp³-hybridized carbons (Fsp3) is 0.364. The molecule has 0 spiro atoms. The first kappa shape index (κ1) is 20.8. The zero-order valence-corrected chi connectivity index (χ0v) is 18.4. The first-order valence-electron chi connectivity index (χ1n) is 9.96. The number of hydrogen-bond acceptors (Lipinski definition) is 6. The van der Waals surface area contributed by atoms with Crippen LogP contribution in [0.5, 0.6) is 0 Å². The number of fused-ring (bicyclic) bond motifs is 1. The number of piperidine rings is 1. The summed E-state index contributed by atoms with van der Waals surface area (Å²) >= 11 is 7.77. The SMILES string of the molecule is CCOC(=O)c1ccc(C(=O)N2CCC(c3nc4cc(Cl)ccc4s3)CC2)nc1C. The number of esters is 1. The molecule has 0 N–H and O–H groups in total. The molecule has 4 rings (SSSR count). The highest BCUT2D eigenvalue weighted by molar-refractivity contribution is 7.18. The molecule has 30 heavy (non-hydrogen) atoms. The molecule has 1 aliphatic rings. The zero-order valence-electron chi connectivity index (χ0n) is 16.9. The van der Waals surface area contributed by atoms with Gasteiger partial charge in [-0.3, -0.25) is 4.79 Å². The number of thiazole rings is 1. The summed E-state index contributed by atoms with van der Waals surface area (Å²) in [6.45, 7) is 5.08. The number of pyridine rings is 1. The van der Waals surface area contributed by atoms with E-state index >= 15 is 0 Å². The Bertz CT molecular complexity index is 1110. The maximum Gasteiger partial charge on any atom is 0.339 e. The van der Waals surface area contributed by atoms with Gasteiger partial charge in [0.25, 0.3) is 5.91 Å². The van der Waals surface area contributed by atoms with Gasteiger partial charge >= 0.3 is 5.97 Å². The van der Waals surface area contributed by atoms with E-state index in [1.165, 1.54) is 0 Å². The van der Waals surface area contributed by atoms with E-state index in [1.807, 2.05) is 23.1 Å². The summed E-state index contributed by atoms with van der Waals surface area (Å²) in [5, 5.41) is 1.80. The molecule has 1 saturated heterocycles. The summed E-state index contributed by atoms with van der Waals surface area (Å²) in [5.74, 6) is -0.186. The van der Waals surface area contributed by atoms with Gasteiger partial charge in [-0.15, -0.1) is 11.3 Å². The van der Waals surface area contributed by atoms with E-state index in [0.717, 1.165) is 28.1 Å². The van der Waals surface area contributed by atoms with Crippen molar-refractivity contribution in [2.24, 2.45) is 0 Å². The molecular formula is C22H22ClN3O3S. The predicted molar refractivity (Wildman–Crippen MR) is 117 cm³/mol. The minimum absolute atomic E-state index is 0.108. The summed E-state index contributed by atoms with van der Waals surface area (Å²) in [6.07, 6.45) is 1.72. The van der Waals surface area contributed by atoms with Gasteiger partial charge in [0.2, 0.25) is 0 Å². The van der Waals surface area contributed by atoms with Crippen molar-refractivity contribution in [2.75, 3.05) is 19.7 Å². The molecule has 3 aromatic rings. The lowest BCUT2D eigenvalue weighted by Gasteiger charge is -2.31. The second kappa shape index (κ2) is 8.70. The molecule has 8 heteroatoms. The third kappa shape index (κ3) is 4.18. The third-order valence-electron chi connectivity index (χ3n) is 5.30. The van der Waals surface area contributed by atoms with E-state index in [9.17, 15) is 9.59 Å². The number of carbonyl (C=O) groups is 2. The van der Waals surface area contributed by atoms with E-state index in [0.29, 0.717) is 47.6 Å². The van der Waals surface area contributed by atoms with E-state index < -0.39 is 5.97 Å². The molecular weight excluding hydrogens is 422 g/mol. The van der Waals surface area contributed by atoms with E-state index in [-0.39, 0.29) is 5.91 Å². The molecule has 156 valence electrons. The van der Waals surface area contributed by atoms with Crippen molar-refractivity contribution in [3.05, 3.63) is 57.3 Å². The number of aromatic nitrogens is 2. The van der Waals surface area contributed by atoms with Crippen LogP contribution in [0.4, 0.5) is 0 Å². The van der Waals surface area contributed by atoms with Gasteiger partial charge in [0.05, 0.1) is 33.1 Å². The van der Waals surface area contributed by atoms with Crippen LogP contribution in [0.2, 0.25) is 5.02 Å². The standard InChI is InChI=1S/C22H22ClN3O3S/c1-3-29-22(28)16-5-6-17(24-13(16)2)21(27)26-10-8-14(9-11-26)20-25-18-12-15(23)4-7-19(18)30-20/h4-7,12,14H,3,8-11H2,1-2H3. The number of carbonyl (C=O) groups excluding carboxylic acids is 2. The maximum atomic E-state index is 12.9. The van der Waals surface area contributed by atoms with Crippen LogP contribution in [0, 0.1) is 6.92 Å². The first-order chi connectivity index (χ1) is 14.5. The van der Waals surface area contributed by atoms with Gasteiger partial charge in [0.1, 0.15) is 5.69 Å². The van der Waals surface area contributed by atoms with Crippen molar-refractivity contribution < 1.29 is 14.3 Å². The minimum Gasteiger partial charge on any atom is -0.462 e. The Kier molecular flexibility index (Phi) is 6.01. The molecule has 2 aromatic heterocycles. The molecule has 0 radical (unpaired) electrons. The fourth-order valence-electron chi connectivity index (χ4n) is 3.69. The Morgan fingerprint density at radius 2 is 1.97 bits per heavy atom. The van der Waals surface area contributed by atoms with Crippen LogP contribution in [0.1, 0.15) is 57.2 Å². The second-order valence-electron chi connectivity index (χ2n) is 7.28. The smallest absolute Gasteiger partial charge is 0.339 e. The summed E-state index contributed by atoms with van der Waals surface area (Å²) in [4.78, 5) is 35.8. The van der Waals surface area contributed by atoms with Gasteiger partial charge in [-0.25, -0.2) is 14.8 Å². The molecule has 1 aliphatic heterocycles. The quantitative estimate of drug-likeness (QED) is 0.539. The van der Waals surface area contributed by atoms with Gasteiger partial charge in [-0.2, -0.15) is 0 Å². The Morgan fingerprint density at radius 1 is 1.20 bits per heavy atom. The summed E-state index contributed by atoms with van der Waals surface area (Å²) in [6, 6.07) is 9.00. The predicted octanol–water partition coefficient (Wildman–Crippen LogP) is 4.85. The Morgan fingerprint density at radius 3 is 2.67 bits per heavy atom.